The van der Waals surface area contributed by atoms with Crippen LogP contribution < -0.4 is 29.5 Å². The smallest absolute Gasteiger partial charge is 0.269 e. The highest BCUT2D eigenvalue weighted by Crippen LogP contribution is 2.32. The Morgan fingerprint density at radius 1 is 1.09 bits per heavy atom. The summed E-state index contributed by atoms with van der Waals surface area (Å²) in [5, 5.41) is 2.80. The number of thiophene rings is 1. The van der Waals surface area contributed by atoms with Gasteiger partial charge in [0.05, 0.1) is 4.53 Å². The number of amides is 1. The fourth-order valence-corrected chi connectivity index (χ4v) is 5.17. The summed E-state index contributed by atoms with van der Waals surface area (Å²) >= 11 is 2.79. The zero-order chi connectivity index (χ0) is 24.5. The molecule has 9 heteroatoms. The zero-order valence-corrected chi connectivity index (χ0v) is 21.1. The third-order valence-corrected chi connectivity index (χ3v) is 7.10. The van der Waals surface area contributed by atoms with Crippen molar-refractivity contribution in [3.05, 3.63) is 59.6 Å². The molecule has 1 aromatic carbocycles. The van der Waals surface area contributed by atoms with Gasteiger partial charge in [-0.1, -0.05) is 20.8 Å². The van der Waals surface area contributed by atoms with Crippen LogP contribution in [-0.2, 0) is 16.1 Å². The quantitative estimate of drug-likeness (QED) is 0.585. The standard InChI is InChI=1S/C25H26N2O5S2/c1-15-5-7-17(33-15)12-20-24(30)27(23(34-20)13-21(28)25(2,3)4)14-22(29)26-16-6-8-18-19(11-16)32-10-9-31-18/h5-8,11-13H,9-10,14H2,1-4H3,(H,26,29). The van der Waals surface area contributed by atoms with Crippen molar-refractivity contribution in [2.75, 3.05) is 18.5 Å². The fraction of sp³-hybridized carbons (Fsp3) is 0.320. The molecule has 1 aliphatic rings. The molecule has 0 unspecified atom stereocenters. The summed E-state index contributed by atoms with van der Waals surface area (Å²) in [6.07, 6.45) is 3.26. The molecule has 1 aliphatic heterocycles. The van der Waals surface area contributed by atoms with Crippen LogP contribution in [0.1, 0.15) is 30.5 Å². The molecule has 7 nitrogen and oxygen atoms in total. The van der Waals surface area contributed by atoms with E-state index in [1.165, 1.54) is 22.0 Å². The van der Waals surface area contributed by atoms with E-state index in [1.807, 2.05) is 39.8 Å². The molecule has 0 aliphatic carbocycles. The van der Waals surface area contributed by atoms with Crippen LogP contribution in [0, 0.1) is 12.3 Å². The molecule has 3 aromatic rings. The predicted octanol–water partition coefficient (Wildman–Crippen LogP) is 2.91. The highest BCUT2D eigenvalue weighted by atomic mass is 32.1. The van der Waals surface area contributed by atoms with Crippen LogP contribution in [0.3, 0.4) is 0 Å². The Kier molecular flexibility index (Phi) is 6.77. The van der Waals surface area contributed by atoms with Crippen LogP contribution in [0.4, 0.5) is 5.69 Å². The Morgan fingerprint density at radius 2 is 1.82 bits per heavy atom. The fourth-order valence-electron chi connectivity index (χ4n) is 3.25. The first-order valence-electron chi connectivity index (χ1n) is 10.8. The number of benzene rings is 1. The number of carbonyl (C=O) groups is 2. The number of carbonyl (C=O) groups excluding carboxylic acids is 2. The summed E-state index contributed by atoms with van der Waals surface area (Å²) in [4.78, 5) is 40.8. The number of fused-ring (bicyclic) bond motifs is 1. The minimum Gasteiger partial charge on any atom is -0.486 e. The van der Waals surface area contributed by atoms with Crippen molar-refractivity contribution >= 4 is 52.2 Å². The summed E-state index contributed by atoms with van der Waals surface area (Å²) in [5.41, 5.74) is -0.372. The van der Waals surface area contributed by atoms with Crippen molar-refractivity contribution in [2.45, 2.75) is 34.2 Å². The second-order valence-corrected chi connectivity index (χ2v) is 11.3. The number of ether oxygens (including phenoxy) is 2. The molecule has 0 bridgehead atoms. The number of aromatic nitrogens is 1. The highest BCUT2D eigenvalue weighted by molar-refractivity contribution is 7.13. The van der Waals surface area contributed by atoms with Gasteiger partial charge in [0.25, 0.3) is 5.56 Å². The van der Waals surface area contributed by atoms with E-state index in [0.717, 1.165) is 9.75 Å². The largest absolute Gasteiger partial charge is 0.486 e. The number of nitrogens with zero attached hydrogens (tertiary/aromatic N) is 1. The van der Waals surface area contributed by atoms with Crippen molar-refractivity contribution < 1.29 is 19.1 Å². The van der Waals surface area contributed by atoms with Crippen LogP contribution >= 0.6 is 22.7 Å². The predicted molar refractivity (Wildman–Crippen MR) is 135 cm³/mol. The minimum atomic E-state index is -0.604. The molecular formula is C25H26N2O5S2. The van der Waals surface area contributed by atoms with Crippen LogP contribution in [0.5, 0.6) is 11.5 Å². The van der Waals surface area contributed by atoms with Crippen molar-refractivity contribution in [3.8, 4) is 11.5 Å². The second-order valence-electron chi connectivity index (χ2n) is 8.95. The first-order valence-corrected chi connectivity index (χ1v) is 12.5. The Bertz CT molecular complexity index is 1420. The van der Waals surface area contributed by atoms with Gasteiger partial charge >= 0.3 is 0 Å². The summed E-state index contributed by atoms with van der Waals surface area (Å²) in [5.74, 6) is 0.686. The van der Waals surface area contributed by atoms with Crippen molar-refractivity contribution in [1.29, 1.82) is 0 Å². The molecule has 0 saturated carbocycles. The lowest BCUT2D eigenvalue weighted by atomic mass is 9.91. The Hall–Kier alpha value is -3.17. The molecule has 1 N–H and O–H groups in total. The van der Waals surface area contributed by atoms with Gasteiger partial charge in [-0.2, -0.15) is 0 Å². The number of thiazole rings is 1. The number of hydrogen-bond acceptors (Lipinski definition) is 7. The topological polar surface area (TPSA) is 86.6 Å². The Morgan fingerprint density at radius 3 is 2.50 bits per heavy atom. The molecule has 0 fully saturated rings. The number of rotatable bonds is 5. The maximum atomic E-state index is 13.2. The molecule has 2 aromatic heterocycles. The highest BCUT2D eigenvalue weighted by Gasteiger charge is 2.20. The van der Waals surface area contributed by atoms with Gasteiger partial charge in [-0.25, -0.2) is 0 Å². The van der Waals surface area contributed by atoms with E-state index in [-0.39, 0.29) is 23.8 Å². The first-order chi connectivity index (χ1) is 16.1. The van der Waals surface area contributed by atoms with E-state index in [1.54, 1.807) is 35.6 Å². The van der Waals surface area contributed by atoms with Gasteiger partial charge in [0.1, 0.15) is 24.4 Å². The lowest BCUT2D eigenvalue weighted by Crippen LogP contribution is -2.36. The van der Waals surface area contributed by atoms with Gasteiger partial charge in [0.2, 0.25) is 5.91 Å². The number of nitrogens with one attached hydrogen (secondary N) is 1. The molecule has 1 amide bonds. The number of ketones is 1. The molecule has 0 radical (unpaired) electrons. The average molecular weight is 499 g/mol. The number of Topliss-reactive ketones (excluding diaryl/α,β-unsaturated/α-hetero) is 1. The van der Waals surface area contributed by atoms with Crippen LogP contribution in [-0.4, -0.2) is 29.5 Å². The first kappa shape index (κ1) is 24.0. The number of hydrogen-bond donors (Lipinski definition) is 1. The van der Waals surface area contributed by atoms with Gasteiger partial charge in [0.15, 0.2) is 17.3 Å². The molecule has 34 heavy (non-hydrogen) atoms. The van der Waals surface area contributed by atoms with Crippen molar-refractivity contribution in [1.82, 2.24) is 4.57 Å². The van der Waals surface area contributed by atoms with E-state index < -0.39 is 5.41 Å². The van der Waals surface area contributed by atoms with E-state index in [4.69, 9.17) is 9.47 Å². The van der Waals surface area contributed by atoms with E-state index in [9.17, 15) is 14.4 Å². The summed E-state index contributed by atoms with van der Waals surface area (Å²) < 4.78 is 13.3. The third-order valence-electron chi connectivity index (χ3n) is 5.09. The van der Waals surface area contributed by atoms with Gasteiger partial charge in [0, 0.05) is 33.0 Å². The summed E-state index contributed by atoms with van der Waals surface area (Å²) in [6, 6.07) is 9.08. The van der Waals surface area contributed by atoms with E-state index >= 15 is 0 Å². The molecule has 0 spiro atoms. The second kappa shape index (κ2) is 9.60. The molecule has 178 valence electrons. The van der Waals surface area contributed by atoms with Crippen molar-refractivity contribution in [3.63, 3.8) is 0 Å². The van der Waals surface area contributed by atoms with Crippen LogP contribution in [0.25, 0.3) is 12.2 Å². The minimum absolute atomic E-state index is 0.117. The van der Waals surface area contributed by atoms with E-state index in [0.29, 0.717) is 39.6 Å². The van der Waals surface area contributed by atoms with Crippen molar-refractivity contribution in [2.24, 2.45) is 5.41 Å². The lowest BCUT2D eigenvalue weighted by Gasteiger charge is -2.19. The molecule has 4 rings (SSSR count). The molecular weight excluding hydrogens is 472 g/mol. The van der Waals surface area contributed by atoms with Gasteiger partial charge in [-0.3, -0.25) is 19.0 Å². The van der Waals surface area contributed by atoms with Gasteiger partial charge < -0.3 is 14.8 Å². The molecule has 0 saturated heterocycles. The van der Waals surface area contributed by atoms with Gasteiger partial charge in [-0.05, 0) is 37.3 Å². The van der Waals surface area contributed by atoms with Gasteiger partial charge in [-0.15, -0.1) is 22.7 Å². The number of aryl methyl sites for hydroxylation is 1. The SMILES string of the molecule is Cc1ccc(C=c2sc(=CC(=O)C(C)(C)C)n(CC(=O)Nc3ccc4c(c3)OCCO4)c2=O)s1. The van der Waals surface area contributed by atoms with Crippen LogP contribution in [0.2, 0.25) is 0 Å². The lowest BCUT2D eigenvalue weighted by molar-refractivity contribution is -0.120. The normalized spacial score (nSPS) is 14.4. The Balaban J connectivity index is 1.67. The zero-order valence-electron chi connectivity index (χ0n) is 19.5. The number of anilines is 1. The maximum Gasteiger partial charge on any atom is 0.269 e. The Labute approximate surface area is 205 Å². The van der Waals surface area contributed by atoms with Crippen LogP contribution in [0.15, 0.2) is 35.1 Å². The summed E-state index contributed by atoms with van der Waals surface area (Å²) in [6.45, 7) is 8.16. The maximum absolute atomic E-state index is 13.2. The van der Waals surface area contributed by atoms with E-state index in [2.05, 4.69) is 5.32 Å². The third kappa shape index (κ3) is 5.48. The monoisotopic (exact) mass is 498 g/mol. The molecule has 0 atom stereocenters. The summed E-state index contributed by atoms with van der Waals surface area (Å²) in [7, 11) is 0. The average Bonchev–Trinajstić information content (AvgIpc) is 3.31. The molecule has 3 heterocycles.